The molecular formula is C19H15F2NO3. The molecule has 2 aromatic carbocycles. The van der Waals surface area contributed by atoms with E-state index >= 15 is 0 Å². The highest BCUT2D eigenvalue weighted by atomic mass is 19.1. The quantitative estimate of drug-likeness (QED) is 0.731. The number of furan rings is 1. The van der Waals surface area contributed by atoms with Crippen molar-refractivity contribution in [2.45, 2.75) is 13.5 Å². The van der Waals surface area contributed by atoms with Gasteiger partial charge in [0.1, 0.15) is 29.8 Å². The van der Waals surface area contributed by atoms with Crippen molar-refractivity contribution in [2.75, 3.05) is 5.32 Å². The average molecular weight is 343 g/mol. The number of carbonyl (C=O) groups excluding carboxylic acids is 1. The minimum atomic E-state index is -0.485. The van der Waals surface area contributed by atoms with Crippen molar-refractivity contribution >= 4 is 11.6 Å². The number of nitrogens with one attached hydrogen (secondary N) is 1. The van der Waals surface area contributed by atoms with Crippen LogP contribution in [0.2, 0.25) is 0 Å². The first-order chi connectivity index (χ1) is 12.0. The SMILES string of the molecule is Cc1ccc(F)cc1NC(=O)c1ccc(COc2ccc(F)cc2)o1. The lowest BCUT2D eigenvalue weighted by Crippen LogP contribution is -2.12. The summed E-state index contributed by atoms with van der Waals surface area (Å²) in [6.45, 7) is 1.86. The van der Waals surface area contributed by atoms with Crippen LogP contribution in [0.1, 0.15) is 21.9 Å². The van der Waals surface area contributed by atoms with E-state index in [1.54, 1.807) is 19.1 Å². The van der Waals surface area contributed by atoms with Gasteiger partial charge >= 0.3 is 0 Å². The van der Waals surface area contributed by atoms with E-state index in [0.29, 0.717) is 17.2 Å². The summed E-state index contributed by atoms with van der Waals surface area (Å²) in [7, 11) is 0. The highest BCUT2D eigenvalue weighted by Crippen LogP contribution is 2.19. The number of ether oxygens (including phenoxy) is 1. The Morgan fingerprint density at radius 3 is 2.52 bits per heavy atom. The van der Waals surface area contributed by atoms with E-state index in [2.05, 4.69) is 5.32 Å². The van der Waals surface area contributed by atoms with E-state index in [1.165, 1.54) is 42.5 Å². The molecule has 0 unspecified atom stereocenters. The van der Waals surface area contributed by atoms with Crippen LogP contribution in [-0.4, -0.2) is 5.91 Å². The van der Waals surface area contributed by atoms with Crippen LogP contribution in [0, 0.1) is 18.6 Å². The number of hydrogen-bond donors (Lipinski definition) is 1. The van der Waals surface area contributed by atoms with Gasteiger partial charge in [0.15, 0.2) is 5.76 Å². The first-order valence-electron chi connectivity index (χ1n) is 7.56. The zero-order chi connectivity index (χ0) is 17.8. The third kappa shape index (κ3) is 4.23. The van der Waals surface area contributed by atoms with Crippen molar-refractivity contribution in [3.63, 3.8) is 0 Å². The van der Waals surface area contributed by atoms with Gasteiger partial charge in [-0.1, -0.05) is 6.07 Å². The molecule has 0 radical (unpaired) electrons. The molecular weight excluding hydrogens is 328 g/mol. The molecule has 25 heavy (non-hydrogen) atoms. The number of anilines is 1. The van der Waals surface area contributed by atoms with Crippen molar-refractivity contribution in [1.29, 1.82) is 0 Å². The standard InChI is InChI=1S/C19H15F2NO3/c1-12-2-3-14(21)10-17(12)22-19(23)18-9-8-16(25-18)11-24-15-6-4-13(20)5-7-15/h2-10H,11H2,1H3,(H,22,23). The molecule has 4 nitrogen and oxygen atoms in total. The molecule has 6 heteroatoms. The fourth-order valence-electron chi connectivity index (χ4n) is 2.18. The second-order valence-electron chi connectivity index (χ2n) is 5.42. The summed E-state index contributed by atoms with van der Waals surface area (Å²) in [5.41, 5.74) is 1.12. The van der Waals surface area contributed by atoms with E-state index in [-0.39, 0.29) is 18.2 Å². The maximum atomic E-state index is 13.3. The molecule has 3 aromatic rings. The summed E-state index contributed by atoms with van der Waals surface area (Å²) in [4.78, 5) is 12.2. The predicted octanol–water partition coefficient (Wildman–Crippen LogP) is 4.70. The Morgan fingerprint density at radius 1 is 1.04 bits per heavy atom. The third-order valence-corrected chi connectivity index (χ3v) is 3.53. The Morgan fingerprint density at radius 2 is 1.76 bits per heavy atom. The van der Waals surface area contributed by atoms with Gasteiger partial charge in [0.2, 0.25) is 0 Å². The first kappa shape index (κ1) is 16.7. The highest BCUT2D eigenvalue weighted by Gasteiger charge is 2.13. The van der Waals surface area contributed by atoms with E-state index < -0.39 is 11.7 Å². The minimum absolute atomic E-state index is 0.0846. The monoisotopic (exact) mass is 343 g/mol. The summed E-state index contributed by atoms with van der Waals surface area (Å²) in [5, 5.41) is 2.61. The van der Waals surface area contributed by atoms with Crippen molar-refractivity contribution < 1.29 is 22.7 Å². The van der Waals surface area contributed by atoms with Crippen LogP contribution in [0.25, 0.3) is 0 Å². The highest BCUT2D eigenvalue weighted by molar-refractivity contribution is 6.02. The predicted molar refractivity (Wildman–Crippen MR) is 88.5 cm³/mol. The van der Waals surface area contributed by atoms with Gasteiger partial charge in [0, 0.05) is 5.69 Å². The van der Waals surface area contributed by atoms with Crippen molar-refractivity contribution in [3.8, 4) is 5.75 Å². The number of aryl methyl sites for hydroxylation is 1. The molecule has 3 rings (SSSR count). The normalized spacial score (nSPS) is 10.5. The molecule has 0 aliphatic rings. The van der Waals surface area contributed by atoms with E-state index in [4.69, 9.17) is 9.15 Å². The van der Waals surface area contributed by atoms with Crippen LogP contribution >= 0.6 is 0 Å². The summed E-state index contributed by atoms with van der Waals surface area (Å²) in [6.07, 6.45) is 0. The second kappa shape index (κ2) is 7.17. The lowest BCUT2D eigenvalue weighted by Gasteiger charge is -2.07. The second-order valence-corrected chi connectivity index (χ2v) is 5.42. The lowest BCUT2D eigenvalue weighted by atomic mass is 10.2. The van der Waals surface area contributed by atoms with Gasteiger partial charge in [-0.05, 0) is 61.0 Å². The third-order valence-electron chi connectivity index (χ3n) is 3.53. The summed E-state index contributed by atoms with van der Waals surface area (Å²) >= 11 is 0. The Hall–Kier alpha value is -3.15. The van der Waals surface area contributed by atoms with Crippen LogP contribution < -0.4 is 10.1 Å². The van der Waals surface area contributed by atoms with Crippen LogP contribution in [0.5, 0.6) is 5.75 Å². The average Bonchev–Trinajstić information content (AvgIpc) is 3.07. The van der Waals surface area contributed by atoms with E-state index in [1.807, 2.05) is 0 Å². The summed E-state index contributed by atoms with van der Waals surface area (Å²) < 4.78 is 37.0. The van der Waals surface area contributed by atoms with Gasteiger partial charge in [-0.15, -0.1) is 0 Å². The van der Waals surface area contributed by atoms with E-state index in [9.17, 15) is 13.6 Å². The number of carbonyl (C=O) groups is 1. The molecule has 0 aliphatic carbocycles. The van der Waals surface area contributed by atoms with Gasteiger partial charge in [-0.25, -0.2) is 8.78 Å². The molecule has 0 saturated heterocycles. The van der Waals surface area contributed by atoms with Gasteiger partial charge in [0.05, 0.1) is 0 Å². The molecule has 0 atom stereocenters. The van der Waals surface area contributed by atoms with Crippen molar-refractivity contribution in [1.82, 2.24) is 0 Å². The van der Waals surface area contributed by atoms with Gasteiger partial charge in [0.25, 0.3) is 5.91 Å². The Kier molecular flexibility index (Phi) is 4.79. The molecule has 1 N–H and O–H groups in total. The fourth-order valence-corrected chi connectivity index (χ4v) is 2.18. The summed E-state index contributed by atoms with van der Waals surface area (Å²) in [6, 6.07) is 12.8. The van der Waals surface area contributed by atoms with Crippen molar-refractivity contribution in [2.24, 2.45) is 0 Å². The first-order valence-corrected chi connectivity index (χ1v) is 7.56. The number of halogens is 2. The van der Waals surface area contributed by atoms with Crippen LogP contribution in [0.15, 0.2) is 59.0 Å². The fraction of sp³-hybridized carbons (Fsp3) is 0.105. The molecule has 0 aliphatic heterocycles. The smallest absolute Gasteiger partial charge is 0.291 e. The molecule has 1 aromatic heterocycles. The molecule has 0 bridgehead atoms. The maximum Gasteiger partial charge on any atom is 0.291 e. The number of amides is 1. The van der Waals surface area contributed by atoms with E-state index in [0.717, 1.165) is 5.56 Å². The van der Waals surface area contributed by atoms with Gasteiger partial charge in [-0.3, -0.25) is 4.79 Å². The largest absolute Gasteiger partial charge is 0.486 e. The van der Waals surface area contributed by atoms with Crippen LogP contribution in [0.4, 0.5) is 14.5 Å². The summed E-state index contributed by atoms with van der Waals surface area (Å²) in [5.74, 6) is -0.265. The Bertz CT molecular complexity index is 888. The molecule has 1 heterocycles. The van der Waals surface area contributed by atoms with Gasteiger partial charge < -0.3 is 14.5 Å². The van der Waals surface area contributed by atoms with Crippen LogP contribution in [0.3, 0.4) is 0 Å². The molecule has 128 valence electrons. The molecule has 1 amide bonds. The van der Waals surface area contributed by atoms with Crippen LogP contribution in [-0.2, 0) is 6.61 Å². The Balaban J connectivity index is 1.63. The molecule has 0 saturated carbocycles. The zero-order valence-electron chi connectivity index (χ0n) is 13.4. The minimum Gasteiger partial charge on any atom is -0.486 e. The number of rotatable bonds is 5. The number of hydrogen-bond acceptors (Lipinski definition) is 3. The van der Waals surface area contributed by atoms with Gasteiger partial charge in [-0.2, -0.15) is 0 Å². The molecule has 0 spiro atoms. The zero-order valence-corrected chi connectivity index (χ0v) is 13.4. The topological polar surface area (TPSA) is 51.5 Å². The van der Waals surface area contributed by atoms with Crippen molar-refractivity contribution in [3.05, 3.63) is 83.3 Å². The maximum absolute atomic E-state index is 13.3. The lowest BCUT2D eigenvalue weighted by molar-refractivity contribution is 0.0992. The molecule has 0 fully saturated rings. The number of benzene rings is 2. The Labute approximate surface area is 143 Å².